The number of rotatable bonds is 6. The van der Waals surface area contributed by atoms with Crippen LogP contribution in [0.4, 0.5) is 4.39 Å². The number of para-hydroxylation sites is 1. The maximum atomic E-state index is 13.0. The number of carbonyl (C=O) groups excluding carboxylic acids is 1. The van der Waals surface area contributed by atoms with Gasteiger partial charge in [0.15, 0.2) is 6.61 Å². The van der Waals surface area contributed by atoms with Gasteiger partial charge in [0, 0.05) is 19.1 Å². The number of likely N-dealkylation sites (tertiary alicyclic amines) is 1. The average Bonchev–Trinajstić information content (AvgIpc) is 2.68. The quantitative estimate of drug-likeness (QED) is 0.780. The maximum Gasteiger partial charge on any atom is 0.260 e. The smallest absolute Gasteiger partial charge is 0.260 e. The van der Waals surface area contributed by atoms with Gasteiger partial charge >= 0.3 is 0 Å². The fourth-order valence-electron chi connectivity index (χ4n) is 3.40. The zero-order valence-corrected chi connectivity index (χ0v) is 17.3. The predicted molar refractivity (Wildman–Crippen MR) is 108 cm³/mol. The van der Waals surface area contributed by atoms with Crippen LogP contribution in [0.1, 0.15) is 24.0 Å². The lowest BCUT2D eigenvalue weighted by Crippen LogP contribution is -2.47. The van der Waals surface area contributed by atoms with Crippen molar-refractivity contribution in [1.82, 2.24) is 9.62 Å². The Balaban J connectivity index is 1.51. The standard InChI is InChI=1S/C21H25FN2O4S/c1-15-4-3-5-16(2)21(15)28-14-20(25)24-12-10-18(11-13-24)23-29(26,27)19-8-6-17(22)7-9-19/h3-9,18,23H,10-14H2,1-2H3. The van der Waals surface area contributed by atoms with Gasteiger partial charge in [0.1, 0.15) is 11.6 Å². The minimum atomic E-state index is -3.71. The third-order valence-corrected chi connectivity index (χ3v) is 6.58. The topological polar surface area (TPSA) is 75.7 Å². The molecule has 0 atom stereocenters. The van der Waals surface area contributed by atoms with Gasteiger partial charge in [0.2, 0.25) is 10.0 Å². The van der Waals surface area contributed by atoms with Gasteiger partial charge in [-0.1, -0.05) is 18.2 Å². The molecular formula is C21H25FN2O4S. The number of benzene rings is 2. The van der Waals surface area contributed by atoms with Crippen molar-refractivity contribution in [3.05, 3.63) is 59.4 Å². The number of hydrogen-bond acceptors (Lipinski definition) is 4. The molecule has 2 aromatic rings. The number of carbonyl (C=O) groups is 1. The van der Waals surface area contributed by atoms with E-state index in [0.717, 1.165) is 29.0 Å². The van der Waals surface area contributed by atoms with E-state index in [1.54, 1.807) is 4.90 Å². The van der Waals surface area contributed by atoms with Crippen molar-refractivity contribution in [3.8, 4) is 5.75 Å². The summed E-state index contributed by atoms with van der Waals surface area (Å²) in [6.07, 6.45) is 1.02. The second-order valence-corrected chi connectivity index (χ2v) is 8.95. The van der Waals surface area contributed by atoms with Crippen LogP contribution in [0.2, 0.25) is 0 Å². The van der Waals surface area contributed by atoms with Crippen LogP contribution in [-0.2, 0) is 14.8 Å². The Morgan fingerprint density at radius 2 is 1.69 bits per heavy atom. The van der Waals surface area contributed by atoms with E-state index in [1.807, 2.05) is 32.0 Å². The molecule has 29 heavy (non-hydrogen) atoms. The predicted octanol–water partition coefficient (Wildman–Crippen LogP) is 2.79. The Kier molecular flexibility index (Phi) is 6.54. The van der Waals surface area contributed by atoms with Gasteiger partial charge in [-0.2, -0.15) is 0 Å². The molecular weight excluding hydrogens is 395 g/mol. The number of sulfonamides is 1. The summed E-state index contributed by atoms with van der Waals surface area (Å²) in [7, 11) is -3.71. The highest BCUT2D eigenvalue weighted by atomic mass is 32.2. The van der Waals surface area contributed by atoms with Crippen molar-refractivity contribution < 1.29 is 22.3 Å². The average molecular weight is 421 g/mol. The van der Waals surface area contributed by atoms with E-state index in [2.05, 4.69) is 4.72 Å². The molecule has 0 aliphatic carbocycles. The fraction of sp³-hybridized carbons (Fsp3) is 0.381. The first kappa shape index (κ1) is 21.3. The van der Waals surface area contributed by atoms with Gasteiger partial charge in [-0.15, -0.1) is 0 Å². The lowest BCUT2D eigenvalue weighted by Gasteiger charge is -2.32. The first-order chi connectivity index (χ1) is 13.8. The molecule has 1 amide bonds. The Hall–Kier alpha value is -2.45. The Labute approximate surface area is 170 Å². The molecule has 156 valence electrons. The van der Waals surface area contributed by atoms with E-state index in [9.17, 15) is 17.6 Å². The highest BCUT2D eigenvalue weighted by molar-refractivity contribution is 7.89. The van der Waals surface area contributed by atoms with E-state index < -0.39 is 15.8 Å². The largest absolute Gasteiger partial charge is 0.483 e. The van der Waals surface area contributed by atoms with E-state index in [0.29, 0.717) is 25.9 Å². The molecule has 1 heterocycles. The molecule has 1 aliphatic heterocycles. The van der Waals surface area contributed by atoms with Gasteiger partial charge in [-0.05, 0) is 62.1 Å². The van der Waals surface area contributed by atoms with Crippen LogP contribution in [-0.4, -0.2) is 45.0 Å². The molecule has 3 rings (SSSR count). The van der Waals surface area contributed by atoms with Crippen LogP contribution >= 0.6 is 0 Å². The monoisotopic (exact) mass is 420 g/mol. The maximum absolute atomic E-state index is 13.0. The second-order valence-electron chi connectivity index (χ2n) is 7.24. The van der Waals surface area contributed by atoms with Gasteiger partial charge in [-0.3, -0.25) is 4.79 Å². The summed E-state index contributed by atoms with van der Waals surface area (Å²) in [6.45, 7) is 4.73. The molecule has 0 unspecified atom stereocenters. The first-order valence-electron chi connectivity index (χ1n) is 9.51. The lowest BCUT2D eigenvalue weighted by molar-refractivity contribution is -0.134. The SMILES string of the molecule is Cc1cccc(C)c1OCC(=O)N1CCC(NS(=O)(=O)c2ccc(F)cc2)CC1. The van der Waals surface area contributed by atoms with Crippen molar-refractivity contribution >= 4 is 15.9 Å². The molecule has 1 saturated heterocycles. The third kappa shape index (κ3) is 5.33. The molecule has 1 N–H and O–H groups in total. The molecule has 2 aromatic carbocycles. The number of halogens is 1. The summed E-state index contributed by atoms with van der Waals surface area (Å²) in [5, 5.41) is 0. The van der Waals surface area contributed by atoms with Crippen LogP contribution in [0.25, 0.3) is 0 Å². The minimum Gasteiger partial charge on any atom is -0.483 e. The van der Waals surface area contributed by atoms with E-state index in [1.165, 1.54) is 12.1 Å². The van der Waals surface area contributed by atoms with E-state index in [4.69, 9.17) is 4.74 Å². The number of ether oxygens (including phenoxy) is 1. The fourth-order valence-corrected chi connectivity index (χ4v) is 4.70. The highest BCUT2D eigenvalue weighted by Crippen LogP contribution is 2.22. The molecule has 0 bridgehead atoms. The molecule has 0 saturated carbocycles. The van der Waals surface area contributed by atoms with Crippen LogP contribution in [0.3, 0.4) is 0 Å². The number of piperidine rings is 1. The molecule has 0 aromatic heterocycles. The molecule has 0 radical (unpaired) electrons. The number of aryl methyl sites for hydroxylation is 2. The summed E-state index contributed by atoms with van der Waals surface area (Å²) >= 11 is 0. The molecule has 6 nitrogen and oxygen atoms in total. The molecule has 0 spiro atoms. The van der Waals surface area contributed by atoms with Crippen molar-refractivity contribution in [2.75, 3.05) is 19.7 Å². The van der Waals surface area contributed by atoms with Gasteiger partial charge in [0.25, 0.3) is 5.91 Å². The number of amides is 1. The number of nitrogens with zero attached hydrogens (tertiary/aromatic N) is 1. The Morgan fingerprint density at radius 3 is 2.28 bits per heavy atom. The second kappa shape index (κ2) is 8.92. The summed E-state index contributed by atoms with van der Waals surface area (Å²) in [5.41, 5.74) is 1.96. The molecule has 1 fully saturated rings. The lowest BCUT2D eigenvalue weighted by atomic mass is 10.1. The zero-order valence-electron chi connectivity index (χ0n) is 16.5. The first-order valence-corrected chi connectivity index (χ1v) is 11.0. The summed E-state index contributed by atoms with van der Waals surface area (Å²) < 4.78 is 46.2. The number of nitrogens with one attached hydrogen (secondary N) is 1. The summed E-state index contributed by atoms with van der Waals surface area (Å²) in [4.78, 5) is 14.2. The van der Waals surface area contributed by atoms with Crippen molar-refractivity contribution in [1.29, 1.82) is 0 Å². The van der Waals surface area contributed by atoms with Crippen molar-refractivity contribution in [3.63, 3.8) is 0 Å². The van der Waals surface area contributed by atoms with E-state index in [-0.39, 0.29) is 23.5 Å². The zero-order chi connectivity index (χ0) is 21.0. The van der Waals surface area contributed by atoms with Crippen molar-refractivity contribution in [2.45, 2.75) is 37.6 Å². The highest BCUT2D eigenvalue weighted by Gasteiger charge is 2.27. The van der Waals surface area contributed by atoms with Crippen molar-refractivity contribution in [2.24, 2.45) is 0 Å². The van der Waals surface area contributed by atoms with Gasteiger partial charge in [-0.25, -0.2) is 17.5 Å². The normalized spacial score (nSPS) is 15.3. The van der Waals surface area contributed by atoms with E-state index >= 15 is 0 Å². The Bertz CT molecular complexity index is 948. The molecule has 8 heteroatoms. The van der Waals surface area contributed by atoms with Gasteiger partial charge < -0.3 is 9.64 Å². The van der Waals surface area contributed by atoms with Crippen LogP contribution < -0.4 is 9.46 Å². The van der Waals surface area contributed by atoms with Crippen LogP contribution in [0.15, 0.2) is 47.4 Å². The third-order valence-electron chi connectivity index (χ3n) is 5.04. The van der Waals surface area contributed by atoms with Crippen LogP contribution in [0.5, 0.6) is 5.75 Å². The Morgan fingerprint density at radius 1 is 1.10 bits per heavy atom. The summed E-state index contributed by atoms with van der Waals surface area (Å²) in [6, 6.07) is 10.3. The molecule has 1 aliphatic rings. The minimum absolute atomic E-state index is 0.0272. The summed E-state index contributed by atoms with van der Waals surface area (Å²) in [5.74, 6) is 0.120. The van der Waals surface area contributed by atoms with Gasteiger partial charge in [0.05, 0.1) is 4.90 Å². The van der Waals surface area contributed by atoms with Crippen LogP contribution in [0, 0.1) is 19.7 Å². The number of hydrogen-bond donors (Lipinski definition) is 1.